The topological polar surface area (TPSA) is 570 Å². The zero-order chi connectivity index (χ0) is 83.5. The van der Waals surface area contributed by atoms with Crippen molar-refractivity contribution < 1.29 is 127 Å². The number of phenols is 3. The Kier molecular flexibility index (Phi) is 26.2. The van der Waals surface area contributed by atoms with Gasteiger partial charge < -0.3 is 143 Å². The number of carbonyl (C=O) groups excluding carboxylic acids is 9. The molecule has 0 aromatic heterocycles. The van der Waals surface area contributed by atoms with Crippen LogP contribution in [0.4, 0.5) is 5.69 Å². The highest BCUT2D eigenvalue weighted by atomic mass is 35.5. The molecule has 2 saturated heterocycles. The molecule has 0 radical (unpaired) electrons. The molecular formula is C76H87Cl2N11O26. The van der Waals surface area contributed by atoms with Crippen LogP contribution in [0.15, 0.2) is 97.1 Å². The predicted molar refractivity (Wildman–Crippen MR) is 403 cm³/mol. The van der Waals surface area contributed by atoms with E-state index in [0.717, 1.165) is 66.7 Å². The molecule has 11 bridgehead atoms. The number of ether oxygens (including phenoxy) is 8. The summed E-state index contributed by atoms with van der Waals surface area (Å²) in [6.07, 6.45) is -18.8. The number of methoxy groups -OCH3 is 2. The average molecular weight is 1640 g/mol. The first-order valence-electron chi connectivity index (χ1n) is 36.0. The zero-order valence-electron chi connectivity index (χ0n) is 62.5. The molecule has 39 heteroatoms. The lowest BCUT2D eigenvalue weighted by Crippen LogP contribution is -2.64. The second-order valence-electron chi connectivity index (χ2n) is 28.7. The first-order chi connectivity index (χ1) is 54.5. The van der Waals surface area contributed by atoms with E-state index in [-0.39, 0.29) is 63.4 Å². The monoisotopic (exact) mass is 1640 g/mol. The molecule has 9 amide bonds. The highest BCUT2D eigenvalue weighted by Crippen LogP contribution is 2.50. The number of rotatable bonds is 18. The number of carbonyl (C=O) groups is 9. The summed E-state index contributed by atoms with van der Waals surface area (Å²) in [5.41, 5.74) is 8.21. The van der Waals surface area contributed by atoms with Crippen LogP contribution >= 0.6 is 23.2 Å². The molecule has 2 fully saturated rings. The van der Waals surface area contributed by atoms with Crippen molar-refractivity contribution in [3.63, 3.8) is 0 Å². The van der Waals surface area contributed by atoms with Crippen LogP contribution in [-0.2, 0) is 57.4 Å². The van der Waals surface area contributed by atoms with E-state index in [9.17, 15) is 69.9 Å². The second-order valence-corrected chi connectivity index (χ2v) is 29.6. The van der Waals surface area contributed by atoms with E-state index in [1.54, 1.807) is 0 Å². The van der Waals surface area contributed by atoms with Gasteiger partial charge in [-0.15, -0.1) is 0 Å². The van der Waals surface area contributed by atoms with Crippen molar-refractivity contribution in [1.29, 1.82) is 0 Å². The normalized spacial score (nSPS) is 27.1. The summed E-state index contributed by atoms with van der Waals surface area (Å²) in [6.45, 7) is 4.78. The Morgan fingerprint density at radius 2 is 1.30 bits per heavy atom. The van der Waals surface area contributed by atoms with Gasteiger partial charge in [-0.25, -0.2) is 0 Å². The van der Waals surface area contributed by atoms with Gasteiger partial charge in [0.05, 0.1) is 62.1 Å². The molecule has 7 aliphatic heterocycles. The largest absolute Gasteiger partial charge is 0.508 e. The number of fused-ring (bicyclic) bond motifs is 15. The van der Waals surface area contributed by atoms with E-state index in [1.807, 2.05) is 13.8 Å². The van der Waals surface area contributed by atoms with Gasteiger partial charge in [0.15, 0.2) is 23.9 Å². The Morgan fingerprint density at radius 3 is 1.89 bits per heavy atom. The number of anilines is 1. The van der Waals surface area contributed by atoms with Crippen LogP contribution in [0.2, 0.25) is 10.0 Å². The maximum absolute atomic E-state index is 16.3. The molecule has 37 nitrogen and oxygen atoms in total. The van der Waals surface area contributed by atoms with Crippen molar-refractivity contribution >= 4 is 82.1 Å². The Hall–Kier alpha value is -10.9. The molecule has 18 atom stereocenters. The smallest absolute Gasteiger partial charge is 0.248 e. The van der Waals surface area contributed by atoms with E-state index < -0.39 is 250 Å². The molecule has 18 unspecified atom stereocenters. The summed E-state index contributed by atoms with van der Waals surface area (Å²) in [5, 5.41) is 127. The number of benzene rings is 6. The van der Waals surface area contributed by atoms with Gasteiger partial charge >= 0.3 is 0 Å². The number of aliphatic hydroxyl groups excluding tert-OH is 6. The predicted octanol–water partition coefficient (Wildman–Crippen LogP) is 0.794. The molecule has 0 saturated carbocycles. The van der Waals surface area contributed by atoms with Gasteiger partial charge in [0.25, 0.3) is 0 Å². The molecule has 616 valence electrons. The number of likely N-dealkylation sites (N-methyl/N-ethyl adjacent to an activating group) is 1. The Balaban J connectivity index is 1.12. The molecular weight excluding hydrogens is 1550 g/mol. The highest BCUT2D eigenvalue weighted by Gasteiger charge is 2.52. The summed E-state index contributed by atoms with van der Waals surface area (Å²) in [6, 6.07) is 3.72. The number of hydrogen-bond acceptors (Lipinski definition) is 28. The van der Waals surface area contributed by atoms with E-state index in [2.05, 4.69) is 47.9 Å². The third kappa shape index (κ3) is 18.9. The van der Waals surface area contributed by atoms with Gasteiger partial charge in [-0.3, -0.25) is 43.2 Å². The molecule has 0 spiro atoms. The molecule has 0 aliphatic carbocycles. The van der Waals surface area contributed by atoms with Crippen LogP contribution in [0.1, 0.15) is 105 Å². The number of hydrogen-bond donors (Lipinski definition) is 20. The number of aliphatic hydroxyl groups is 6. The lowest BCUT2D eigenvalue weighted by Gasteiger charge is -2.47. The van der Waals surface area contributed by atoms with E-state index in [1.165, 1.54) is 65.4 Å². The molecule has 115 heavy (non-hydrogen) atoms. The third-order valence-corrected chi connectivity index (χ3v) is 20.4. The van der Waals surface area contributed by atoms with Gasteiger partial charge in [0, 0.05) is 53.0 Å². The van der Waals surface area contributed by atoms with Gasteiger partial charge in [-0.2, -0.15) is 0 Å². The summed E-state index contributed by atoms with van der Waals surface area (Å²) >= 11 is 14.3. The highest BCUT2D eigenvalue weighted by molar-refractivity contribution is 6.32. The lowest BCUT2D eigenvalue weighted by molar-refractivity contribution is -0.333. The minimum absolute atomic E-state index is 0.112. The fourth-order valence-corrected chi connectivity index (χ4v) is 14.3. The van der Waals surface area contributed by atoms with Gasteiger partial charge in [-0.1, -0.05) is 55.2 Å². The van der Waals surface area contributed by atoms with Crippen LogP contribution in [-0.4, -0.2) is 212 Å². The van der Waals surface area contributed by atoms with Gasteiger partial charge in [-0.05, 0) is 116 Å². The first kappa shape index (κ1) is 85.0. The fourth-order valence-electron chi connectivity index (χ4n) is 13.9. The molecule has 6 aromatic rings. The summed E-state index contributed by atoms with van der Waals surface area (Å²) in [5.74, 6) is -15.9. The second kappa shape index (κ2) is 35.5. The SMILES string of the molecule is CNC(CC(C)C)C(=O)NC1C(=O)NC(CC(N)=O)C(=O)NC2C(=O)NC3C(=O)NC(C(=O)NC(C(=O)NCC(=O)Nc4cc(OC)cc(OC)c4)c4cc(O)cc(O)c4-c4cc3ccc4O)C(O)c3ccc(c(Cl)c3)Oc3cc2cc(c3OC2OC(CO)C(O)C(O)C2OC2CC(C)(N)C(O)C(C)O2)Oc2ccc(cc2Cl)C1O. The minimum atomic E-state index is -2.38. The molecule has 22 N–H and O–H groups in total. The van der Waals surface area contributed by atoms with Crippen molar-refractivity contribution in [3.8, 4) is 68.6 Å². The zero-order valence-corrected chi connectivity index (χ0v) is 64.1. The van der Waals surface area contributed by atoms with E-state index in [4.69, 9.17) is 72.6 Å². The molecule has 13 rings (SSSR count). The Labute approximate surface area is 665 Å². The van der Waals surface area contributed by atoms with Crippen LogP contribution in [0.3, 0.4) is 0 Å². The quantitative estimate of drug-likeness (QED) is 0.0566. The number of primary amides is 1. The maximum atomic E-state index is 16.3. The van der Waals surface area contributed by atoms with Crippen molar-refractivity contribution in [3.05, 3.63) is 135 Å². The average Bonchev–Trinajstić information content (AvgIpc) is 0.766. The molecule has 7 aliphatic rings. The Bertz CT molecular complexity index is 4730. The minimum Gasteiger partial charge on any atom is -0.508 e. The number of nitrogens with one attached hydrogen (secondary N) is 9. The number of phenolic OH excluding ortho intramolecular Hbond substituents is 3. The van der Waals surface area contributed by atoms with Crippen molar-refractivity contribution in [2.24, 2.45) is 17.4 Å². The fraction of sp³-hybridized carbons (Fsp3) is 0.408. The van der Waals surface area contributed by atoms with Crippen molar-refractivity contribution in [2.45, 2.75) is 156 Å². The lowest BCUT2D eigenvalue weighted by atomic mass is 9.86. The van der Waals surface area contributed by atoms with Gasteiger partial charge in [0.2, 0.25) is 65.2 Å². The number of amides is 9. The first-order valence-corrected chi connectivity index (χ1v) is 36.8. The maximum Gasteiger partial charge on any atom is 0.248 e. The van der Waals surface area contributed by atoms with Gasteiger partial charge in [0.1, 0.15) is 107 Å². The van der Waals surface area contributed by atoms with Crippen molar-refractivity contribution in [2.75, 3.05) is 39.7 Å². The number of halogens is 2. The standard InChI is InChI=1S/C76H87Cl2N11O26/c1-29(2)14-43(81-5)68(101)88-59-61(96)32-9-12-47(41(77)16-32)111-49-18-34-19-50(65(49)115-75-66(64(99)63(98)51(28-90)113-75)114-54-26-76(4,80)67(100)30(3)110-54)112-48-13-10-33(17-42(48)78)62(97)60-74(107)87-58(70(103)82-27-53(95)83-35-20-37(108-6)24-38(21-35)109-7)40-22-36(91)23-46(93)55(40)39-15-31(8-11-45(39)92)56(71(104)89-60)86-72(105)57(34)85-69(102)44(25-52(79)94)84-73(59)106/h8-13,15-24,29-30,43-44,51,54,56-64,66-67,75,81,90-93,96-100H,14,25-28,80H2,1-7H3,(H2,79,94)(H,82,103)(H,83,95)(H,84,106)(H,85,102)(H,86,105)(H,87,107)(H,88,101)(H,89,104). The van der Waals surface area contributed by atoms with Crippen LogP contribution < -0.4 is 83.0 Å². The van der Waals surface area contributed by atoms with Crippen LogP contribution in [0, 0.1) is 5.92 Å². The molecule has 6 aromatic carbocycles. The van der Waals surface area contributed by atoms with Crippen molar-refractivity contribution in [1.82, 2.24) is 42.5 Å². The van der Waals surface area contributed by atoms with Crippen LogP contribution in [0.25, 0.3) is 11.1 Å². The van der Waals surface area contributed by atoms with Crippen LogP contribution in [0.5, 0.6) is 57.5 Å². The number of nitrogens with two attached hydrogens (primary N) is 2. The summed E-state index contributed by atoms with van der Waals surface area (Å²) in [7, 11) is 4.20. The third-order valence-electron chi connectivity index (χ3n) is 19.8. The van der Waals surface area contributed by atoms with E-state index >= 15 is 19.2 Å². The Morgan fingerprint density at radius 1 is 0.687 bits per heavy atom. The summed E-state index contributed by atoms with van der Waals surface area (Å²) in [4.78, 5) is 134. The number of aromatic hydroxyl groups is 3. The summed E-state index contributed by atoms with van der Waals surface area (Å²) < 4.78 is 49.2. The molecule has 7 heterocycles. The van der Waals surface area contributed by atoms with E-state index in [0.29, 0.717) is 0 Å².